The van der Waals surface area contributed by atoms with Crippen LogP contribution in [0, 0.1) is 5.92 Å². The van der Waals surface area contributed by atoms with Crippen LogP contribution in [-0.2, 0) is 20.7 Å². The van der Waals surface area contributed by atoms with Gasteiger partial charge in [0.15, 0.2) is 6.61 Å². The number of aromatic amines is 1. The number of benzene rings is 1. The number of amides is 1. The molecule has 2 aromatic rings. The molecular weight excluding hydrogens is 304 g/mol. The number of esters is 1. The SMILES string of the molecule is O=C(COC(=O)[C@H]1CC=CCC1)NCCc1c[nH]c2ccccc12. The quantitative estimate of drug-likeness (QED) is 0.633. The molecule has 0 saturated carbocycles. The molecule has 0 bridgehead atoms. The smallest absolute Gasteiger partial charge is 0.309 e. The summed E-state index contributed by atoms with van der Waals surface area (Å²) in [6, 6.07) is 8.07. The maximum absolute atomic E-state index is 11.9. The van der Waals surface area contributed by atoms with Gasteiger partial charge in [-0.3, -0.25) is 9.59 Å². The third-order valence-corrected chi connectivity index (χ3v) is 4.34. The minimum atomic E-state index is -0.272. The van der Waals surface area contributed by atoms with Crippen molar-refractivity contribution in [3.8, 4) is 0 Å². The summed E-state index contributed by atoms with van der Waals surface area (Å²) in [4.78, 5) is 26.9. The zero-order valence-electron chi connectivity index (χ0n) is 13.6. The monoisotopic (exact) mass is 326 g/mol. The first-order chi connectivity index (χ1) is 11.7. The fourth-order valence-corrected chi connectivity index (χ4v) is 2.99. The Morgan fingerprint density at radius 1 is 1.25 bits per heavy atom. The predicted molar refractivity (Wildman–Crippen MR) is 92.5 cm³/mol. The Morgan fingerprint density at radius 3 is 2.96 bits per heavy atom. The van der Waals surface area contributed by atoms with Crippen LogP contribution in [0.15, 0.2) is 42.6 Å². The molecule has 1 heterocycles. The summed E-state index contributed by atoms with van der Waals surface area (Å²) in [5.74, 6) is -0.630. The zero-order chi connectivity index (χ0) is 16.8. The topological polar surface area (TPSA) is 71.2 Å². The molecule has 126 valence electrons. The van der Waals surface area contributed by atoms with Crippen molar-refractivity contribution in [2.75, 3.05) is 13.2 Å². The third kappa shape index (κ3) is 4.04. The largest absolute Gasteiger partial charge is 0.455 e. The van der Waals surface area contributed by atoms with E-state index in [2.05, 4.69) is 22.4 Å². The second kappa shape index (κ2) is 7.81. The van der Waals surface area contributed by atoms with E-state index in [0.29, 0.717) is 13.0 Å². The number of aromatic nitrogens is 1. The van der Waals surface area contributed by atoms with Gasteiger partial charge < -0.3 is 15.0 Å². The first-order valence-corrected chi connectivity index (χ1v) is 8.37. The molecule has 0 aliphatic heterocycles. The average molecular weight is 326 g/mol. The van der Waals surface area contributed by atoms with Gasteiger partial charge in [0.25, 0.3) is 5.91 Å². The molecule has 0 saturated heterocycles. The lowest BCUT2D eigenvalue weighted by molar-refractivity contribution is -0.152. The highest BCUT2D eigenvalue weighted by Gasteiger charge is 2.20. The van der Waals surface area contributed by atoms with Crippen LogP contribution >= 0.6 is 0 Å². The van der Waals surface area contributed by atoms with Gasteiger partial charge in [0.05, 0.1) is 5.92 Å². The fraction of sp³-hybridized carbons (Fsp3) is 0.368. The minimum absolute atomic E-state index is 0.103. The lowest BCUT2D eigenvalue weighted by Gasteiger charge is -2.16. The number of para-hydroxylation sites is 1. The molecule has 1 aliphatic carbocycles. The summed E-state index contributed by atoms with van der Waals surface area (Å²) in [6.45, 7) is 0.317. The Balaban J connectivity index is 1.39. The van der Waals surface area contributed by atoms with E-state index in [-0.39, 0.29) is 24.4 Å². The maximum Gasteiger partial charge on any atom is 0.309 e. The maximum atomic E-state index is 11.9. The van der Waals surface area contributed by atoms with E-state index >= 15 is 0 Å². The average Bonchev–Trinajstić information content (AvgIpc) is 3.04. The molecule has 1 amide bonds. The summed E-state index contributed by atoms with van der Waals surface area (Å²) < 4.78 is 5.11. The highest BCUT2D eigenvalue weighted by Crippen LogP contribution is 2.19. The van der Waals surface area contributed by atoms with Crippen molar-refractivity contribution < 1.29 is 14.3 Å². The summed E-state index contributed by atoms with van der Waals surface area (Å²) in [5.41, 5.74) is 2.26. The van der Waals surface area contributed by atoms with Gasteiger partial charge in [0.1, 0.15) is 0 Å². The normalized spacial score (nSPS) is 16.9. The number of fused-ring (bicyclic) bond motifs is 1. The molecule has 3 rings (SSSR count). The molecule has 5 nitrogen and oxygen atoms in total. The molecule has 5 heteroatoms. The van der Waals surface area contributed by atoms with E-state index in [4.69, 9.17) is 4.74 Å². The molecule has 0 unspecified atom stereocenters. The molecule has 2 N–H and O–H groups in total. The third-order valence-electron chi connectivity index (χ3n) is 4.34. The zero-order valence-corrected chi connectivity index (χ0v) is 13.6. The van der Waals surface area contributed by atoms with E-state index in [0.717, 1.165) is 30.3 Å². The van der Waals surface area contributed by atoms with Crippen molar-refractivity contribution in [2.45, 2.75) is 25.7 Å². The van der Waals surface area contributed by atoms with E-state index < -0.39 is 0 Å². The van der Waals surface area contributed by atoms with Crippen LogP contribution in [0.25, 0.3) is 10.9 Å². The summed E-state index contributed by atoms with van der Waals surface area (Å²) in [7, 11) is 0. The van der Waals surface area contributed by atoms with Crippen molar-refractivity contribution in [1.82, 2.24) is 10.3 Å². The second-order valence-corrected chi connectivity index (χ2v) is 6.05. The Bertz CT molecular complexity index is 748. The van der Waals surface area contributed by atoms with Crippen LogP contribution in [0.5, 0.6) is 0 Å². The first-order valence-electron chi connectivity index (χ1n) is 8.37. The van der Waals surface area contributed by atoms with Crippen LogP contribution in [-0.4, -0.2) is 30.0 Å². The first kappa shape index (κ1) is 16.3. The summed E-state index contributed by atoms with van der Waals surface area (Å²) >= 11 is 0. The molecule has 24 heavy (non-hydrogen) atoms. The van der Waals surface area contributed by atoms with Crippen molar-refractivity contribution in [2.24, 2.45) is 5.92 Å². The van der Waals surface area contributed by atoms with E-state index in [9.17, 15) is 9.59 Å². The Morgan fingerprint density at radius 2 is 2.12 bits per heavy atom. The molecule has 1 aliphatic rings. The Kier molecular flexibility index (Phi) is 5.31. The van der Waals surface area contributed by atoms with Gasteiger partial charge in [-0.1, -0.05) is 30.4 Å². The van der Waals surface area contributed by atoms with E-state index in [1.54, 1.807) is 0 Å². The number of hydrogen-bond acceptors (Lipinski definition) is 3. The van der Waals surface area contributed by atoms with Gasteiger partial charge in [-0.25, -0.2) is 0 Å². The van der Waals surface area contributed by atoms with Crippen LogP contribution in [0.3, 0.4) is 0 Å². The molecule has 0 spiro atoms. The van der Waals surface area contributed by atoms with Crippen molar-refractivity contribution in [3.05, 3.63) is 48.2 Å². The lowest BCUT2D eigenvalue weighted by Crippen LogP contribution is -2.31. The van der Waals surface area contributed by atoms with E-state index in [1.807, 2.05) is 30.5 Å². The number of ether oxygens (including phenoxy) is 1. The Labute approximate surface area is 141 Å². The molecule has 1 atom stereocenters. The van der Waals surface area contributed by atoms with Crippen LogP contribution in [0.4, 0.5) is 0 Å². The predicted octanol–water partition coefficient (Wildman–Crippen LogP) is 2.73. The highest BCUT2D eigenvalue weighted by atomic mass is 16.5. The number of nitrogens with one attached hydrogen (secondary N) is 2. The second-order valence-electron chi connectivity index (χ2n) is 6.05. The summed E-state index contributed by atoms with van der Waals surface area (Å²) in [6.07, 6.45) is 9.18. The number of rotatable bonds is 6. The highest BCUT2D eigenvalue weighted by molar-refractivity contribution is 5.83. The van der Waals surface area contributed by atoms with E-state index in [1.165, 1.54) is 5.39 Å². The summed E-state index contributed by atoms with van der Waals surface area (Å²) in [5, 5.41) is 3.97. The lowest BCUT2D eigenvalue weighted by atomic mass is 9.95. The van der Waals surface area contributed by atoms with Gasteiger partial charge in [-0.05, 0) is 37.3 Å². The number of carbonyl (C=O) groups is 2. The van der Waals surface area contributed by atoms with Crippen molar-refractivity contribution in [3.63, 3.8) is 0 Å². The van der Waals surface area contributed by atoms with Gasteiger partial charge >= 0.3 is 5.97 Å². The van der Waals surface area contributed by atoms with Crippen LogP contribution < -0.4 is 5.32 Å². The standard InChI is InChI=1S/C19H22N2O3/c22-18(13-24-19(23)14-6-2-1-3-7-14)20-11-10-15-12-21-17-9-5-4-8-16(15)17/h1-2,4-5,8-9,12,14,21H,3,6-7,10-11,13H2,(H,20,22)/t14-/m0/s1. The molecule has 1 aromatic carbocycles. The van der Waals surface area contributed by atoms with Gasteiger partial charge in [-0.15, -0.1) is 0 Å². The van der Waals surface area contributed by atoms with Crippen molar-refractivity contribution in [1.29, 1.82) is 0 Å². The molecule has 1 aromatic heterocycles. The number of hydrogen-bond donors (Lipinski definition) is 2. The molecular formula is C19H22N2O3. The van der Waals surface area contributed by atoms with Gasteiger partial charge in [0.2, 0.25) is 0 Å². The van der Waals surface area contributed by atoms with Crippen LogP contribution in [0.2, 0.25) is 0 Å². The minimum Gasteiger partial charge on any atom is -0.455 e. The Hall–Kier alpha value is -2.56. The van der Waals surface area contributed by atoms with Crippen LogP contribution in [0.1, 0.15) is 24.8 Å². The van der Waals surface area contributed by atoms with Gasteiger partial charge in [-0.2, -0.15) is 0 Å². The number of H-pyrrole nitrogens is 1. The molecule has 0 radical (unpaired) electrons. The van der Waals surface area contributed by atoms with Crippen molar-refractivity contribution >= 4 is 22.8 Å². The number of carbonyl (C=O) groups excluding carboxylic acids is 2. The van der Waals surface area contributed by atoms with Gasteiger partial charge in [0, 0.05) is 23.6 Å². The number of allylic oxidation sites excluding steroid dienone is 2. The fourth-order valence-electron chi connectivity index (χ4n) is 2.99. The molecule has 0 fully saturated rings.